The Labute approximate surface area is 188 Å². The molecule has 0 saturated heterocycles. The molecule has 0 aliphatic carbocycles. The topological polar surface area (TPSA) is 50.7 Å². The first-order valence-electron chi connectivity index (χ1n) is 10.3. The van der Waals surface area contributed by atoms with Gasteiger partial charge >= 0.3 is 0 Å². The number of fused-ring (bicyclic) bond motifs is 1. The molecule has 3 aromatic carbocycles. The number of H-pyrrole nitrogens is 1. The molecular formula is C26H20FN3OS. The minimum Gasteiger partial charge on any atom is -0.355 e. The molecule has 32 heavy (non-hydrogen) atoms. The van der Waals surface area contributed by atoms with Crippen LogP contribution >= 0.6 is 11.8 Å². The molecule has 0 saturated carbocycles. The van der Waals surface area contributed by atoms with Crippen molar-refractivity contribution in [3.05, 3.63) is 118 Å². The molecular weight excluding hydrogens is 421 g/mol. The van der Waals surface area contributed by atoms with Gasteiger partial charge in [0.15, 0.2) is 5.16 Å². The predicted molar refractivity (Wildman–Crippen MR) is 127 cm³/mol. The van der Waals surface area contributed by atoms with E-state index in [1.165, 1.54) is 23.9 Å². The van der Waals surface area contributed by atoms with Crippen LogP contribution in [0, 0.1) is 5.82 Å². The fourth-order valence-corrected chi connectivity index (χ4v) is 4.64. The zero-order valence-corrected chi connectivity index (χ0v) is 18.0. The lowest BCUT2D eigenvalue weighted by Crippen LogP contribution is -2.24. The van der Waals surface area contributed by atoms with Crippen molar-refractivity contribution in [2.75, 3.05) is 0 Å². The van der Waals surface area contributed by atoms with Gasteiger partial charge in [0.1, 0.15) is 16.9 Å². The van der Waals surface area contributed by atoms with Crippen LogP contribution in [0.2, 0.25) is 0 Å². The molecule has 4 nitrogen and oxygen atoms in total. The summed E-state index contributed by atoms with van der Waals surface area (Å²) in [7, 11) is 0. The van der Waals surface area contributed by atoms with Gasteiger partial charge in [0.05, 0.1) is 6.54 Å². The summed E-state index contributed by atoms with van der Waals surface area (Å²) in [6, 6.07) is 26.2. The molecule has 0 aliphatic heterocycles. The zero-order chi connectivity index (χ0) is 21.9. The van der Waals surface area contributed by atoms with Crippen LogP contribution in [-0.2, 0) is 12.3 Å². The van der Waals surface area contributed by atoms with E-state index in [9.17, 15) is 9.18 Å². The number of rotatable bonds is 6. The van der Waals surface area contributed by atoms with Crippen LogP contribution in [0.25, 0.3) is 22.2 Å². The Morgan fingerprint density at radius 1 is 0.906 bits per heavy atom. The molecule has 0 aliphatic rings. The lowest BCUT2D eigenvalue weighted by Gasteiger charge is -2.13. The van der Waals surface area contributed by atoms with Gasteiger partial charge in [0, 0.05) is 17.5 Å². The number of benzene rings is 3. The summed E-state index contributed by atoms with van der Waals surface area (Å²) in [4.78, 5) is 21.5. The van der Waals surface area contributed by atoms with Gasteiger partial charge in [0.2, 0.25) is 0 Å². The molecule has 2 aromatic heterocycles. The number of aromatic nitrogens is 3. The van der Waals surface area contributed by atoms with Gasteiger partial charge in [-0.25, -0.2) is 9.37 Å². The second-order valence-corrected chi connectivity index (χ2v) is 8.42. The third-order valence-corrected chi connectivity index (χ3v) is 6.32. The summed E-state index contributed by atoms with van der Waals surface area (Å²) in [6.45, 7) is 0.411. The summed E-state index contributed by atoms with van der Waals surface area (Å²) in [6.07, 6.45) is 1.84. The van der Waals surface area contributed by atoms with Gasteiger partial charge in [-0.15, -0.1) is 0 Å². The Hall–Kier alpha value is -3.64. The molecule has 5 aromatic rings. The van der Waals surface area contributed by atoms with Crippen molar-refractivity contribution in [2.45, 2.75) is 17.5 Å². The second kappa shape index (κ2) is 8.85. The molecule has 0 atom stereocenters. The number of aromatic amines is 1. The fourth-order valence-electron chi connectivity index (χ4n) is 3.70. The van der Waals surface area contributed by atoms with E-state index >= 15 is 0 Å². The zero-order valence-electron chi connectivity index (χ0n) is 17.2. The maximum atomic E-state index is 13.6. The van der Waals surface area contributed by atoms with E-state index in [1.54, 1.807) is 10.6 Å². The highest BCUT2D eigenvalue weighted by molar-refractivity contribution is 7.98. The number of nitrogens with one attached hydrogen (secondary N) is 1. The molecule has 6 heteroatoms. The highest BCUT2D eigenvalue weighted by Gasteiger charge is 2.17. The van der Waals surface area contributed by atoms with E-state index in [2.05, 4.69) is 4.98 Å². The molecule has 0 unspecified atom stereocenters. The monoisotopic (exact) mass is 441 g/mol. The van der Waals surface area contributed by atoms with Crippen molar-refractivity contribution in [1.29, 1.82) is 0 Å². The van der Waals surface area contributed by atoms with Crippen LogP contribution < -0.4 is 5.56 Å². The van der Waals surface area contributed by atoms with Crippen molar-refractivity contribution in [2.24, 2.45) is 0 Å². The second-order valence-electron chi connectivity index (χ2n) is 7.48. The van der Waals surface area contributed by atoms with Crippen LogP contribution in [0.3, 0.4) is 0 Å². The van der Waals surface area contributed by atoms with Crippen LogP contribution in [0.15, 0.2) is 101 Å². The maximum Gasteiger partial charge on any atom is 0.278 e. The first-order chi connectivity index (χ1) is 15.7. The minimum absolute atomic E-state index is 0.122. The van der Waals surface area contributed by atoms with E-state index in [0.29, 0.717) is 28.5 Å². The Bertz CT molecular complexity index is 1430. The van der Waals surface area contributed by atoms with Crippen molar-refractivity contribution in [1.82, 2.24) is 14.5 Å². The van der Waals surface area contributed by atoms with Crippen LogP contribution in [0.1, 0.15) is 11.1 Å². The largest absolute Gasteiger partial charge is 0.355 e. The Morgan fingerprint density at radius 3 is 2.38 bits per heavy atom. The smallest absolute Gasteiger partial charge is 0.278 e. The average Bonchev–Trinajstić information content (AvgIpc) is 3.25. The van der Waals surface area contributed by atoms with E-state index in [4.69, 9.17) is 4.98 Å². The van der Waals surface area contributed by atoms with E-state index < -0.39 is 0 Å². The summed E-state index contributed by atoms with van der Waals surface area (Å²) in [5.74, 6) is 0.237. The molecule has 0 spiro atoms. The molecule has 2 heterocycles. The summed E-state index contributed by atoms with van der Waals surface area (Å²) in [5, 5.41) is 0.604. The standard InChI is InChI=1S/C26H20FN3OS/c27-21-13-7-10-19(14-21)17-32-26-29-23-22(20-11-5-2-6-12-20)15-28-24(23)25(31)30(26)16-18-8-3-1-4-9-18/h1-15,28H,16-17H2. The van der Waals surface area contributed by atoms with Gasteiger partial charge in [-0.3, -0.25) is 9.36 Å². The number of hydrogen-bond acceptors (Lipinski definition) is 3. The molecule has 0 fully saturated rings. The Morgan fingerprint density at radius 2 is 1.62 bits per heavy atom. The van der Waals surface area contributed by atoms with E-state index in [1.807, 2.05) is 72.9 Å². The third-order valence-electron chi connectivity index (χ3n) is 5.28. The highest BCUT2D eigenvalue weighted by Crippen LogP contribution is 2.29. The van der Waals surface area contributed by atoms with Gasteiger partial charge in [-0.05, 0) is 28.8 Å². The molecule has 0 bridgehead atoms. The number of nitrogens with zero attached hydrogens (tertiary/aromatic N) is 2. The van der Waals surface area contributed by atoms with Gasteiger partial charge in [0.25, 0.3) is 5.56 Å². The molecule has 1 N–H and O–H groups in total. The lowest BCUT2D eigenvalue weighted by molar-refractivity contribution is 0.626. The van der Waals surface area contributed by atoms with E-state index in [-0.39, 0.29) is 11.4 Å². The van der Waals surface area contributed by atoms with Crippen molar-refractivity contribution < 1.29 is 4.39 Å². The third kappa shape index (κ3) is 4.09. The molecule has 0 radical (unpaired) electrons. The SMILES string of the molecule is O=c1c2[nH]cc(-c3ccccc3)c2nc(SCc2cccc(F)c2)n1Cc1ccccc1. The van der Waals surface area contributed by atoms with Crippen LogP contribution in [0.5, 0.6) is 0 Å². The van der Waals surface area contributed by atoms with E-state index in [0.717, 1.165) is 22.3 Å². The van der Waals surface area contributed by atoms with Crippen LogP contribution in [0.4, 0.5) is 4.39 Å². The van der Waals surface area contributed by atoms with Crippen molar-refractivity contribution >= 4 is 22.8 Å². The number of halogens is 1. The molecule has 0 amide bonds. The van der Waals surface area contributed by atoms with Crippen molar-refractivity contribution in [3.8, 4) is 11.1 Å². The summed E-state index contributed by atoms with van der Waals surface area (Å²) >= 11 is 1.44. The van der Waals surface area contributed by atoms with Crippen molar-refractivity contribution in [3.63, 3.8) is 0 Å². The molecule has 5 rings (SSSR count). The normalized spacial score (nSPS) is 11.2. The fraction of sp³-hybridized carbons (Fsp3) is 0.0769. The average molecular weight is 442 g/mol. The van der Waals surface area contributed by atoms with Gasteiger partial charge in [-0.2, -0.15) is 0 Å². The molecule has 158 valence electrons. The Kier molecular flexibility index (Phi) is 5.60. The quantitative estimate of drug-likeness (QED) is 0.265. The number of thioether (sulfide) groups is 1. The van der Waals surface area contributed by atoms with Gasteiger partial charge < -0.3 is 4.98 Å². The van der Waals surface area contributed by atoms with Crippen LogP contribution in [-0.4, -0.2) is 14.5 Å². The first-order valence-corrected chi connectivity index (χ1v) is 11.3. The highest BCUT2D eigenvalue weighted by atomic mass is 32.2. The number of hydrogen-bond donors (Lipinski definition) is 1. The Balaban J connectivity index is 1.61. The predicted octanol–water partition coefficient (Wildman–Crippen LogP) is 5.87. The lowest BCUT2D eigenvalue weighted by atomic mass is 10.1. The summed E-state index contributed by atoms with van der Waals surface area (Å²) < 4.78 is 15.3. The summed E-state index contributed by atoms with van der Waals surface area (Å²) in [5.41, 5.74) is 4.74. The maximum absolute atomic E-state index is 13.6. The first kappa shape index (κ1) is 20.3. The minimum atomic E-state index is -0.273. The van der Waals surface area contributed by atoms with Gasteiger partial charge in [-0.1, -0.05) is 84.6 Å².